The quantitative estimate of drug-likeness (QED) is 0.685. The van der Waals surface area contributed by atoms with Crippen molar-refractivity contribution in [2.24, 2.45) is 0 Å². The van der Waals surface area contributed by atoms with Gasteiger partial charge in [-0.15, -0.1) is 0 Å². The maximum atomic E-state index is 12.6. The van der Waals surface area contributed by atoms with E-state index in [2.05, 4.69) is 46.8 Å². The highest BCUT2D eigenvalue weighted by atomic mass is 31.1. The van der Waals surface area contributed by atoms with Gasteiger partial charge in [0.15, 0.2) is 5.52 Å². The van der Waals surface area contributed by atoms with Gasteiger partial charge in [0.25, 0.3) is 0 Å². The Morgan fingerprint density at radius 2 is 1.60 bits per heavy atom. The van der Waals surface area contributed by atoms with Crippen molar-refractivity contribution in [2.45, 2.75) is 71.4 Å². The fourth-order valence-electron chi connectivity index (χ4n) is 3.08. The Hall–Kier alpha value is -0.680. The van der Waals surface area contributed by atoms with Gasteiger partial charge in [-0.25, -0.2) is 0 Å². The lowest BCUT2D eigenvalue weighted by molar-refractivity contribution is 0.108. The summed E-state index contributed by atoms with van der Waals surface area (Å²) in [5.41, 5.74) is 5.81. The lowest BCUT2D eigenvalue weighted by Crippen LogP contribution is -2.13. The summed E-state index contributed by atoms with van der Waals surface area (Å²) in [6.45, 7) is 10.9. The van der Waals surface area contributed by atoms with E-state index in [9.17, 15) is 4.79 Å². The first-order chi connectivity index (χ1) is 9.29. The SMILES string of the molecule is Cc1cc(C(C)(C)C)cc(C)c1C(=O)PC1CCCC1. The molecular weight excluding hydrogens is 263 g/mol. The van der Waals surface area contributed by atoms with Crippen LogP contribution in [0.3, 0.4) is 0 Å². The molecule has 1 aliphatic carbocycles. The second-order valence-electron chi connectivity index (χ2n) is 7.19. The Labute approximate surface area is 125 Å². The summed E-state index contributed by atoms with van der Waals surface area (Å²) < 4.78 is 0. The topological polar surface area (TPSA) is 17.1 Å². The van der Waals surface area contributed by atoms with Gasteiger partial charge < -0.3 is 0 Å². The molecule has 110 valence electrons. The lowest BCUT2D eigenvalue weighted by Gasteiger charge is -2.22. The molecule has 1 fully saturated rings. The van der Waals surface area contributed by atoms with Gasteiger partial charge >= 0.3 is 0 Å². The Balaban J connectivity index is 2.25. The molecule has 0 saturated heterocycles. The molecule has 1 saturated carbocycles. The molecule has 20 heavy (non-hydrogen) atoms. The van der Waals surface area contributed by atoms with Crippen molar-refractivity contribution in [3.63, 3.8) is 0 Å². The minimum Gasteiger partial charge on any atom is -0.289 e. The Morgan fingerprint density at radius 1 is 1.10 bits per heavy atom. The van der Waals surface area contributed by atoms with Gasteiger partial charge in [-0.3, -0.25) is 4.79 Å². The van der Waals surface area contributed by atoms with E-state index in [1.54, 1.807) is 0 Å². The third-order valence-corrected chi connectivity index (χ3v) is 5.81. The Kier molecular flexibility index (Phi) is 4.69. The minimum absolute atomic E-state index is 0.144. The molecule has 0 heterocycles. The average molecular weight is 290 g/mol. The van der Waals surface area contributed by atoms with Crippen molar-refractivity contribution in [3.8, 4) is 0 Å². The van der Waals surface area contributed by atoms with Crippen LogP contribution in [0.25, 0.3) is 0 Å². The van der Waals surface area contributed by atoms with Crippen LogP contribution in [0.2, 0.25) is 0 Å². The highest BCUT2D eigenvalue weighted by molar-refractivity contribution is 7.59. The van der Waals surface area contributed by atoms with Crippen LogP contribution in [0.5, 0.6) is 0 Å². The van der Waals surface area contributed by atoms with Crippen LogP contribution in [-0.4, -0.2) is 11.2 Å². The van der Waals surface area contributed by atoms with E-state index < -0.39 is 0 Å². The predicted molar refractivity (Wildman–Crippen MR) is 89.5 cm³/mol. The molecule has 1 unspecified atom stereocenters. The van der Waals surface area contributed by atoms with Crippen LogP contribution in [0.15, 0.2) is 12.1 Å². The van der Waals surface area contributed by atoms with Gasteiger partial charge in [-0.05, 0) is 63.0 Å². The summed E-state index contributed by atoms with van der Waals surface area (Å²) in [5.74, 6) is 0. The zero-order chi connectivity index (χ0) is 14.9. The van der Waals surface area contributed by atoms with Crippen LogP contribution in [0, 0.1) is 13.8 Å². The number of rotatable bonds is 3. The molecule has 2 heteroatoms. The van der Waals surface area contributed by atoms with Gasteiger partial charge in [0.05, 0.1) is 0 Å². The second kappa shape index (κ2) is 5.98. The fourth-order valence-corrected chi connectivity index (χ4v) is 4.69. The van der Waals surface area contributed by atoms with E-state index in [1.165, 1.54) is 31.2 Å². The van der Waals surface area contributed by atoms with Crippen molar-refractivity contribution in [1.29, 1.82) is 0 Å². The molecule has 1 aliphatic rings. The molecule has 2 rings (SSSR count). The zero-order valence-electron chi connectivity index (χ0n) is 13.5. The predicted octanol–water partition coefficient (Wildman–Crippen LogP) is 5.36. The van der Waals surface area contributed by atoms with Gasteiger partial charge in [-0.1, -0.05) is 45.7 Å². The molecule has 0 aliphatic heterocycles. The summed E-state index contributed by atoms with van der Waals surface area (Å²) in [5, 5.41) is 0. The largest absolute Gasteiger partial charge is 0.289 e. The van der Waals surface area contributed by atoms with Crippen molar-refractivity contribution in [1.82, 2.24) is 0 Å². The van der Waals surface area contributed by atoms with Gasteiger partial charge in [0.2, 0.25) is 0 Å². The van der Waals surface area contributed by atoms with E-state index in [0.29, 0.717) is 19.8 Å². The highest BCUT2D eigenvalue weighted by Gasteiger charge is 2.23. The monoisotopic (exact) mass is 290 g/mol. The lowest BCUT2D eigenvalue weighted by atomic mass is 9.84. The smallest absolute Gasteiger partial charge is 0.181 e. The normalized spacial score (nSPS) is 17.2. The number of aryl methyl sites for hydroxylation is 2. The Bertz CT molecular complexity index is 482. The second-order valence-corrected chi connectivity index (χ2v) is 8.75. The maximum absolute atomic E-state index is 12.6. The molecule has 1 aromatic carbocycles. The molecule has 0 radical (unpaired) electrons. The minimum atomic E-state index is 0.144. The molecule has 1 aromatic rings. The van der Waals surface area contributed by atoms with Crippen LogP contribution < -0.4 is 0 Å². The number of carbonyl (C=O) groups is 1. The first-order valence-electron chi connectivity index (χ1n) is 7.71. The molecule has 0 amide bonds. The van der Waals surface area contributed by atoms with Gasteiger partial charge in [0.1, 0.15) is 0 Å². The van der Waals surface area contributed by atoms with Crippen molar-refractivity contribution < 1.29 is 4.79 Å². The Morgan fingerprint density at radius 3 is 2.05 bits per heavy atom. The van der Waals surface area contributed by atoms with Crippen molar-refractivity contribution in [2.75, 3.05) is 0 Å². The van der Waals surface area contributed by atoms with Gasteiger partial charge in [-0.2, -0.15) is 0 Å². The summed E-state index contributed by atoms with van der Waals surface area (Å²) in [6.07, 6.45) is 5.13. The molecule has 0 aromatic heterocycles. The highest BCUT2D eigenvalue weighted by Crippen LogP contribution is 2.38. The van der Waals surface area contributed by atoms with Crippen LogP contribution in [0.1, 0.15) is 73.5 Å². The first-order valence-corrected chi connectivity index (χ1v) is 8.79. The summed E-state index contributed by atoms with van der Waals surface area (Å²) in [7, 11) is 0.474. The molecule has 0 N–H and O–H groups in total. The summed E-state index contributed by atoms with van der Waals surface area (Å²) >= 11 is 0. The standard InChI is InChI=1S/C18H27OP/c1-12-10-14(18(3,4)5)11-13(2)16(12)17(19)20-15-8-6-7-9-15/h10-11,15,20H,6-9H2,1-5H3. The molecule has 0 bridgehead atoms. The van der Waals surface area contributed by atoms with Gasteiger partial charge in [0, 0.05) is 5.56 Å². The zero-order valence-corrected chi connectivity index (χ0v) is 14.5. The number of hydrogen-bond donors (Lipinski definition) is 0. The van der Waals surface area contributed by atoms with Crippen LogP contribution >= 0.6 is 8.58 Å². The molecule has 0 spiro atoms. The number of benzene rings is 1. The van der Waals surface area contributed by atoms with Crippen molar-refractivity contribution in [3.05, 3.63) is 34.4 Å². The summed E-state index contributed by atoms with van der Waals surface area (Å²) in [4.78, 5) is 12.6. The molecule has 1 nitrogen and oxygen atoms in total. The van der Waals surface area contributed by atoms with Crippen molar-refractivity contribution >= 4 is 14.1 Å². The van der Waals surface area contributed by atoms with E-state index >= 15 is 0 Å². The number of carbonyl (C=O) groups excluding carboxylic acids is 1. The first kappa shape index (κ1) is 15.7. The van der Waals surface area contributed by atoms with E-state index in [0.717, 1.165) is 16.7 Å². The fraction of sp³-hybridized carbons (Fsp3) is 0.611. The van der Waals surface area contributed by atoms with E-state index in [4.69, 9.17) is 0 Å². The van der Waals surface area contributed by atoms with E-state index in [1.807, 2.05) is 0 Å². The van der Waals surface area contributed by atoms with E-state index in [-0.39, 0.29) is 5.41 Å². The molecule has 1 atom stereocenters. The third-order valence-electron chi connectivity index (χ3n) is 4.32. The molecular formula is C18H27OP. The summed E-state index contributed by atoms with van der Waals surface area (Å²) in [6, 6.07) is 4.42. The van der Waals surface area contributed by atoms with Crippen LogP contribution in [0.4, 0.5) is 0 Å². The number of hydrogen-bond acceptors (Lipinski definition) is 1. The van der Waals surface area contributed by atoms with Crippen LogP contribution in [-0.2, 0) is 5.41 Å². The maximum Gasteiger partial charge on any atom is 0.181 e. The average Bonchev–Trinajstić information content (AvgIpc) is 2.79. The third kappa shape index (κ3) is 3.50.